The summed E-state index contributed by atoms with van der Waals surface area (Å²) in [7, 11) is 0. The van der Waals surface area contributed by atoms with Crippen LogP contribution in [-0.2, 0) is 4.79 Å². The quantitative estimate of drug-likeness (QED) is 0.844. The number of piperidine rings is 3. The molecule has 1 N–H and O–H groups in total. The van der Waals surface area contributed by atoms with Gasteiger partial charge in [0.05, 0.1) is 6.04 Å². The maximum absolute atomic E-state index is 12.7. The number of amides is 1. The molecule has 120 valence electrons. The molecule has 3 rings (SSSR count). The van der Waals surface area contributed by atoms with Crippen LogP contribution in [0.25, 0.3) is 0 Å². The first kappa shape index (κ1) is 15.3. The highest BCUT2D eigenvalue weighted by Crippen LogP contribution is 2.23. The molecule has 0 bridgehead atoms. The predicted octanol–water partition coefficient (Wildman–Crippen LogP) is 1.85. The Morgan fingerprint density at radius 3 is 2.33 bits per heavy atom. The van der Waals surface area contributed by atoms with Gasteiger partial charge in [-0.05, 0) is 64.1 Å². The van der Waals surface area contributed by atoms with Gasteiger partial charge < -0.3 is 15.1 Å². The van der Waals surface area contributed by atoms with Crippen molar-refractivity contribution in [1.29, 1.82) is 0 Å². The van der Waals surface area contributed by atoms with Crippen molar-refractivity contribution in [3.8, 4) is 0 Å². The fourth-order valence-corrected chi connectivity index (χ4v) is 4.31. The molecule has 3 aliphatic heterocycles. The zero-order chi connectivity index (χ0) is 14.7. The van der Waals surface area contributed by atoms with Crippen LogP contribution < -0.4 is 5.32 Å². The summed E-state index contributed by atoms with van der Waals surface area (Å²) in [6.45, 7) is 7.70. The molecule has 0 aromatic rings. The minimum atomic E-state index is 0.0743. The second kappa shape index (κ2) is 7.10. The summed E-state index contributed by atoms with van der Waals surface area (Å²) in [6, 6.07) is 0.802. The Morgan fingerprint density at radius 1 is 0.952 bits per heavy atom. The second-order valence-corrected chi connectivity index (χ2v) is 7.20. The van der Waals surface area contributed by atoms with Crippen LogP contribution in [0.5, 0.6) is 0 Å². The van der Waals surface area contributed by atoms with E-state index in [0.717, 1.165) is 25.7 Å². The first-order valence-electron chi connectivity index (χ1n) is 9.02. The number of nitrogens with one attached hydrogen (secondary N) is 1. The van der Waals surface area contributed by atoms with E-state index in [1.807, 2.05) is 0 Å². The lowest BCUT2D eigenvalue weighted by Gasteiger charge is -2.42. The monoisotopic (exact) mass is 293 g/mol. The summed E-state index contributed by atoms with van der Waals surface area (Å²) in [5.74, 6) is 0.852. The number of carbonyl (C=O) groups excluding carboxylic acids is 1. The lowest BCUT2D eigenvalue weighted by atomic mass is 9.91. The van der Waals surface area contributed by atoms with Gasteiger partial charge in [-0.1, -0.05) is 13.3 Å². The fourth-order valence-electron chi connectivity index (χ4n) is 4.31. The molecule has 3 heterocycles. The molecule has 3 saturated heterocycles. The van der Waals surface area contributed by atoms with Gasteiger partial charge in [-0.25, -0.2) is 0 Å². The molecule has 3 aliphatic rings. The maximum Gasteiger partial charge on any atom is 0.239 e. The van der Waals surface area contributed by atoms with Crippen LogP contribution in [0.15, 0.2) is 0 Å². The van der Waals surface area contributed by atoms with E-state index in [9.17, 15) is 4.79 Å². The highest BCUT2D eigenvalue weighted by molar-refractivity contribution is 5.82. The van der Waals surface area contributed by atoms with Crippen LogP contribution in [0, 0.1) is 5.92 Å². The van der Waals surface area contributed by atoms with Crippen LogP contribution in [0.1, 0.15) is 51.9 Å². The molecular weight excluding hydrogens is 262 g/mol. The average molecular weight is 293 g/mol. The van der Waals surface area contributed by atoms with Gasteiger partial charge in [-0.2, -0.15) is 0 Å². The molecule has 4 nitrogen and oxygen atoms in total. The average Bonchev–Trinajstić information content (AvgIpc) is 2.56. The third-order valence-corrected chi connectivity index (χ3v) is 5.72. The van der Waals surface area contributed by atoms with Crippen LogP contribution in [0.2, 0.25) is 0 Å². The Balaban J connectivity index is 1.49. The van der Waals surface area contributed by atoms with Gasteiger partial charge >= 0.3 is 0 Å². The van der Waals surface area contributed by atoms with Crippen molar-refractivity contribution >= 4 is 5.91 Å². The highest BCUT2D eigenvalue weighted by Gasteiger charge is 2.34. The topological polar surface area (TPSA) is 35.6 Å². The normalized spacial score (nSPS) is 33.1. The molecule has 0 spiro atoms. The van der Waals surface area contributed by atoms with Gasteiger partial charge in [0.2, 0.25) is 5.91 Å². The summed E-state index contributed by atoms with van der Waals surface area (Å²) < 4.78 is 0. The van der Waals surface area contributed by atoms with Gasteiger partial charge in [0.1, 0.15) is 0 Å². The fraction of sp³-hybridized carbons (Fsp3) is 0.941. The van der Waals surface area contributed by atoms with Gasteiger partial charge in [0.15, 0.2) is 0 Å². The van der Waals surface area contributed by atoms with Crippen molar-refractivity contribution in [1.82, 2.24) is 15.1 Å². The Bertz CT molecular complexity index is 346. The van der Waals surface area contributed by atoms with Crippen LogP contribution in [-0.4, -0.2) is 60.5 Å². The van der Waals surface area contributed by atoms with Gasteiger partial charge in [0.25, 0.3) is 0 Å². The zero-order valence-corrected chi connectivity index (χ0v) is 13.5. The smallest absolute Gasteiger partial charge is 0.239 e. The Kier molecular flexibility index (Phi) is 5.17. The number of hydrogen-bond donors (Lipinski definition) is 1. The lowest BCUT2D eigenvalue weighted by Crippen LogP contribution is -2.55. The standard InChI is InChI=1S/C17H31N3O/c1-14-6-5-9-18-16(14)17(21)20-12-7-15(8-13-20)19-10-3-2-4-11-19/h14-16,18H,2-13H2,1H3. The number of nitrogens with zero attached hydrogens (tertiary/aromatic N) is 2. The number of likely N-dealkylation sites (tertiary alicyclic amines) is 2. The van der Waals surface area contributed by atoms with E-state index in [1.54, 1.807) is 0 Å². The Morgan fingerprint density at radius 2 is 1.67 bits per heavy atom. The van der Waals surface area contributed by atoms with Crippen molar-refractivity contribution in [2.75, 3.05) is 32.7 Å². The Labute approximate surface area is 129 Å². The van der Waals surface area contributed by atoms with Gasteiger partial charge in [0, 0.05) is 19.1 Å². The van der Waals surface area contributed by atoms with Crippen LogP contribution in [0.4, 0.5) is 0 Å². The molecule has 4 heteroatoms. The van der Waals surface area contributed by atoms with Crippen molar-refractivity contribution in [3.63, 3.8) is 0 Å². The van der Waals surface area contributed by atoms with Crippen molar-refractivity contribution in [2.24, 2.45) is 5.92 Å². The maximum atomic E-state index is 12.7. The highest BCUT2D eigenvalue weighted by atomic mass is 16.2. The third-order valence-electron chi connectivity index (χ3n) is 5.72. The summed E-state index contributed by atoms with van der Waals surface area (Å²) in [4.78, 5) is 17.5. The van der Waals surface area contributed by atoms with E-state index in [1.165, 1.54) is 58.0 Å². The SMILES string of the molecule is CC1CCCNC1C(=O)N1CCC(N2CCCCC2)CC1. The minimum absolute atomic E-state index is 0.0743. The van der Waals surface area contributed by atoms with Crippen molar-refractivity contribution in [3.05, 3.63) is 0 Å². The number of carbonyl (C=O) groups is 1. The minimum Gasteiger partial charge on any atom is -0.341 e. The first-order chi connectivity index (χ1) is 10.3. The molecule has 21 heavy (non-hydrogen) atoms. The second-order valence-electron chi connectivity index (χ2n) is 7.20. The van der Waals surface area contributed by atoms with Crippen molar-refractivity contribution < 1.29 is 4.79 Å². The predicted molar refractivity (Wildman–Crippen MR) is 85.2 cm³/mol. The summed E-state index contributed by atoms with van der Waals surface area (Å²) >= 11 is 0. The Hall–Kier alpha value is -0.610. The largest absolute Gasteiger partial charge is 0.341 e. The summed E-state index contributed by atoms with van der Waals surface area (Å²) in [5.41, 5.74) is 0. The molecule has 2 unspecified atom stereocenters. The molecule has 0 saturated carbocycles. The first-order valence-corrected chi connectivity index (χ1v) is 9.02. The van der Waals surface area contributed by atoms with E-state index >= 15 is 0 Å². The zero-order valence-electron chi connectivity index (χ0n) is 13.5. The molecule has 3 fully saturated rings. The lowest BCUT2D eigenvalue weighted by molar-refractivity contribution is -0.137. The summed E-state index contributed by atoms with van der Waals surface area (Å²) in [5, 5.41) is 3.44. The van der Waals surface area contributed by atoms with E-state index in [-0.39, 0.29) is 6.04 Å². The molecule has 2 atom stereocenters. The van der Waals surface area contributed by atoms with Crippen LogP contribution >= 0.6 is 0 Å². The van der Waals surface area contributed by atoms with E-state index < -0.39 is 0 Å². The summed E-state index contributed by atoms with van der Waals surface area (Å²) in [6.07, 6.45) is 8.87. The van der Waals surface area contributed by atoms with Crippen LogP contribution in [0.3, 0.4) is 0 Å². The van der Waals surface area contributed by atoms with Gasteiger partial charge in [-0.3, -0.25) is 4.79 Å². The molecular formula is C17H31N3O. The third kappa shape index (κ3) is 3.59. The van der Waals surface area contributed by atoms with Crippen molar-refractivity contribution in [2.45, 2.75) is 64.0 Å². The molecule has 0 aromatic heterocycles. The molecule has 0 aromatic carbocycles. The van der Waals surface area contributed by atoms with E-state index in [0.29, 0.717) is 11.8 Å². The molecule has 0 radical (unpaired) electrons. The number of rotatable bonds is 2. The van der Waals surface area contributed by atoms with E-state index in [4.69, 9.17) is 0 Å². The van der Waals surface area contributed by atoms with Gasteiger partial charge in [-0.15, -0.1) is 0 Å². The molecule has 1 amide bonds. The number of hydrogen-bond acceptors (Lipinski definition) is 3. The van der Waals surface area contributed by atoms with E-state index in [2.05, 4.69) is 22.0 Å². The molecule has 0 aliphatic carbocycles.